The summed E-state index contributed by atoms with van der Waals surface area (Å²) in [6.45, 7) is 1.87. The zero-order valence-electron chi connectivity index (χ0n) is 14.3. The molecule has 0 heterocycles. The molecule has 0 saturated carbocycles. The number of nitrogens with one attached hydrogen (secondary N) is 1. The summed E-state index contributed by atoms with van der Waals surface area (Å²) >= 11 is 0. The monoisotopic (exact) mass is 365 g/mol. The standard InChI is InChI=1S/C19H18F3NO3/c1-12-7-9-13(10-8-12)16(11-17(24)26-2)23-18(25)14-5-3-4-6-15(14)19(20,21)22/h3-10,16H,11H2,1-2H3,(H,23,25)/t16-/m1/s1. The fraction of sp³-hybridized carbons (Fsp3) is 0.263. The van der Waals surface area contributed by atoms with Crippen molar-refractivity contribution in [2.45, 2.75) is 25.6 Å². The van der Waals surface area contributed by atoms with Crippen LogP contribution in [0.25, 0.3) is 0 Å². The summed E-state index contributed by atoms with van der Waals surface area (Å²) in [4.78, 5) is 24.1. The molecule has 0 aliphatic rings. The fourth-order valence-corrected chi connectivity index (χ4v) is 2.47. The molecule has 0 aliphatic heterocycles. The quantitative estimate of drug-likeness (QED) is 0.814. The molecule has 26 heavy (non-hydrogen) atoms. The van der Waals surface area contributed by atoms with Crippen molar-refractivity contribution in [1.82, 2.24) is 5.32 Å². The van der Waals surface area contributed by atoms with Gasteiger partial charge >= 0.3 is 12.1 Å². The molecule has 0 bridgehead atoms. The Kier molecular flexibility index (Phi) is 6.02. The molecule has 2 rings (SSSR count). The number of ether oxygens (including phenoxy) is 1. The third kappa shape index (κ3) is 4.84. The average molecular weight is 365 g/mol. The molecule has 0 aliphatic carbocycles. The second kappa shape index (κ2) is 8.03. The van der Waals surface area contributed by atoms with Gasteiger partial charge in [0.1, 0.15) is 0 Å². The molecule has 0 spiro atoms. The van der Waals surface area contributed by atoms with E-state index in [1.165, 1.54) is 19.2 Å². The number of hydrogen-bond acceptors (Lipinski definition) is 3. The number of methoxy groups -OCH3 is 1. The molecule has 1 atom stereocenters. The first-order valence-electron chi connectivity index (χ1n) is 7.83. The van der Waals surface area contributed by atoms with Gasteiger partial charge in [0, 0.05) is 0 Å². The lowest BCUT2D eigenvalue weighted by atomic mass is 10.0. The SMILES string of the molecule is COC(=O)C[C@@H](NC(=O)c1ccccc1C(F)(F)F)c1ccc(C)cc1. The number of carbonyl (C=O) groups excluding carboxylic acids is 2. The number of hydrogen-bond donors (Lipinski definition) is 1. The third-order valence-electron chi connectivity index (χ3n) is 3.86. The number of halogens is 3. The molecule has 4 nitrogen and oxygen atoms in total. The van der Waals surface area contributed by atoms with Crippen molar-refractivity contribution in [2.24, 2.45) is 0 Å². The Balaban J connectivity index is 2.32. The first-order valence-corrected chi connectivity index (χ1v) is 7.83. The van der Waals surface area contributed by atoms with Gasteiger partial charge in [-0.2, -0.15) is 13.2 Å². The summed E-state index contributed by atoms with van der Waals surface area (Å²) < 4.78 is 44.0. The summed E-state index contributed by atoms with van der Waals surface area (Å²) in [5.41, 5.74) is 0.0401. The Morgan fingerprint density at radius 2 is 1.69 bits per heavy atom. The number of amides is 1. The minimum Gasteiger partial charge on any atom is -0.469 e. The van der Waals surface area contributed by atoms with E-state index in [9.17, 15) is 22.8 Å². The van der Waals surface area contributed by atoms with Gasteiger partial charge in [-0.05, 0) is 24.6 Å². The molecule has 1 amide bonds. The van der Waals surface area contributed by atoms with Crippen LogP contribution in [0.1, 0.15) is 39.5 Å². The molecule has 0 aromatic heterocycles. The van der Waals surface area contributed by atoms with E-state index in [1.807, 2.05) is 6.92 Å². The van der Waals surface area contributed by atoms with Crippen LogP contribution in [0.5, 0.6) is 0 Å². The fourth-order valence-electron chi connectivity index (χ4n) is 2.47. The maximum Gasteiger partial charge on any atom is 0.417 e. The first kappa shape index (κ1) is 19.5. The largest absolute Gasteiger partial charge is 0.469 e. The van der Waals surface area contributed by atoms with Crippen molar-refractivity contribution in [1.29, 1.82) is 0 Å². The Hall–Kier alpha value is -2.83. The van der Waals surface area contributed by atoms with Crippen molar-refractivity contribution >= 4 is 11.9 Å². The van der Waals surface area contributed by atoms with Crippen LogP contribution in [0.4, 0.5) is 13.2 Å². The van der Waals surface area contributed by atoms with Crippen LogP contribution in [0.2, 0.25) is 0 Å². The zero-order valence-corrected chi connectivity index (χ0v) is 14.3. The molecule has 2 aromatic carbocycles. The molecular formula is C19H18F3NO3. The lowest BCUT2D eigenvalue weighted by molar-refractivity contribution is -0.141. The molecular weight excluding hydrogens is 347 g/mol. The molecule has 138 valence electrons. The Labute approximate surface area is 149 Å². The van der Waals surface area contributed by atoms with Gasteiger partial charge in [0.25, 0.3) is 5.91 Å². The maximum absolute atomic E-state index is 13.1. The normalized spacial score (nSPS) is 12.3. The van der Waals surface area contributed by atoms with Crippen LogP contribution in [-0.4, -0.2) is 19.0 Å². The van der Waals surface area contributed by atoms with E-state index in [0.29, 0.717) is 5.56 Å². The van der Waals surface area contributed by atoms with Crippen LogP contribution < -0.4 is 5.32 Å². The van der Waals surface area contributed by atoms with Crippen LogP contribution in [0.3, 0.4) is 0 Å². The summed E-state index contributed by atoms with van der Waals surface area (Å²) in [6.07, 6.45) is -4.85. The second-order valence-electron chi connectivity index (χ2n) is 5.76. The van der Waals surface area contributed by atoms with Gasteiger partial charge in [0.2, 0.25) is 0 Å². The van der Waals surface area contributed by atoms with Crippen LogP contribution in [0.15, 0.2) is 48.5 Å². The highest BCUT2D eigenvalue weighted by Gasteiger charge is 2.35. The lowest BCUT2D eigenvalue weighted by Crippen LogP contribution is -2.32. The number of benzene rings is 2. The predicted molar refractivity (Wildman–Crippen MR) is 89.5 cm³/mol. The number of rotatable bonds is 5. The number of alkyl halides is 3. The Morgan fingerprint density at radius 1 is 1.08 bits per heavy atom. The van der Waals surface area contributed by atoms with Gasteiger partial charge in [-0.1, -0.05) is 42.0 Å². The van der Waals surface area contributed by atoms with Crippen molar-refractivity contribution in [3.8, 4) is 0 Å². The van der Waals surface area contributed by atoms with E-state index in [1.54, 1.807) is 24.3 Å². The van der Waals surface area contributed by atoms with Crippen molar-refractivity contribution in [3.63, 3.8) is 0 Å². The van der Waals surface area contributed by atoms with Gasteiger partial charge in [-0.25, -0.2) is 0 Å². The minimum absolute atomic E-state index is 0.195. The van der Waals surface area contributed by atoms with Crippen LogP contribution in [0, 0.1) is 6.92 Å². The van der Waals surface area contributed by atoms with E-state index in [0.717, 1.165) is 17.7 Å². The smallest absolute Gasteiger partial charge is 0.417 e. The maximum atomic E-state index is 13.1. The molecule has 0 unspecified atom stereocenters. The zero-order chi connectivity index (χ0) is 19.3. The van der Waals surface area contributed by atoms with Gasteiger partial charge < -0.3 is 10.1 Å². The van der Waals surface area contributed by atoms with Gasteiger partial charge in [0.05, 0.1) is 30.7 Å². The lowest BCUT2D eigenvalue weighted by Gasteiger charge is -2.20. The van der Waals surface area contributed by atoms with E-state index in [2.05, 4.69) is 10.1 Å². The van der Waals surface area contributed by atoms with E-state index in [4.69, 9.17) is 0 Å². The number of carbonyl (C=O) groups is 2. The first-order chi connectivity index (χ1) is 12.2. The third-order valence-corrected chi connectivity index (χ3v) is 3.86. The molecule has 1 N–H and O–H groups in total. The summed E-state index contributed by atoms with van der Waals surface area (Å²) in [5, 5.41) is 2.51. The van der Waals surface area contributed by atoms with Crippen molar-refractivity contribution in [3.05, 3.63) is 70.8 Å². The topological polar surface area (TPSA) is 55.4 Å². The van der Waals surface area contributed by atoms with Crippen molar-refractivity contribution in [2.75, 3.05) is 7.11 Å². The summed E-state index contributed by atoms with van der Waals surface area (Å²) in [6, 6.07) is 10.7. The molecule has 7 heteroatoms. The average Bonchev–Trinajstić information content (AvgIpc) is 2.61. The highest BCUT2D eigenvalue weighted by atomic mass is 19.4. The predicted octanol–water partition coefficient (Wildman–Crippen LogP) is 4.05. The highest BCUT2D eigenvalue weighted by Crippen LogP contribution is 2.32. The van der Waals surface area contributed by atoms with Gasteiger partial charge in [-0.3, -0.25) is 9.59 Å². The minimum atomic E-state index is -4.66. The second-order valence-corrected chi connectivity index (χ2v) is 5.76. The number of aryl methyl sites for hydroxylation is 1. The molecule has 0 fully saturated rings. The van der Waals surface area contributed by atoms with Crippen LogP contribution >= 0.6 is 0 Å². The van der Waals surface area contributed by atoms with Gasteiger partial charge in [0.15, 0.2) is 0 Å². The highest BCUT2D eigenvalue weighted by molar-refractivity contribution is 5.96. The molecule has 0 radical (unpaired) electrons. The van der Waals surface area contributed by atoms with E-state index >= 15 is 0 Å². The van der Waals surface area contributed by atoms with E-state index < -0.39 is 35.2 Å². The summed E-state index contributed by atoms with van der Waals surface area (Å²) in [5.74, 6) is -1.49. The van der Waals surface area contributed by atoms with Crippen molar-refractivity contribution < 1.29 is 27.5 Å². The molecule has 0 saturated heterocycles. The number of esters is 1. The van der Waals surface area contributed by atoms with Crippen LogP contribution in [-0.2, 0) is 15.7 Å². The summed E-state index contributed by atoms with van der Waals surface area (Å²) in [7, 11) is 1.20. The Morgan fingerprint density at radius 3 is 2.27 bits per heavy atom. The Bertz CT molecular complexity index is 785. The van der Waals surface area contributed by atoms with Gasteiger partial charge in [-0.15, -0.1) is 0 Å². The van der Waals surface area contributed by atoms with E-state index in [-0.39, 0.29) is 6.42 Å². The molecule has 2 aromatic rings.